The molecule has 1 aromatic rings. The van der Waals surface area contributed by atoms with E-state index in [-0.39, 0.29) is 17.0 Å². The number of nitrogens with one attached hydrogen (secondary N) is 1. The Bertz CT molecular complexity index is 593. The third kappa shape index (κ3) is 3.66. The molecule has 0 saturated carbocycles. The van der Waals surface area contributed by atoms with Crippen LogP contribution in [0.4, 0.5) is 0 Å². The van der Waals surface area contributed by atoms with Gasteiger partial charge in [-0.2, -0.15) is 0 Å². The molecular formula is C11H15NO6S. The Kier molecular flexibility index (Phi) is 4.51. The SMILES string of the molecule is Cc1cc(O)c(C(=O)O)cc1S(=O)(=O)NCC(C)O. The van der Waals surface area contributed by atoms with E-state index in [4.69, 9.17) is 10.2 Å². The lowest BCUT2D eigenvalue weighted by molar-refractivity contribution is 0.0693. The predicted molar refractivity (Wildman–Crippen MR) is 66.7 cm³/mol. The zero-order chi connectivity index (χ0) is 14.8. The maximum atomic E-state index is 11.9. The molecule has 1 atom stereocenters. The lowest BCUT2D eigenvalue weighted by Crippen LogP contribution is -2.31. The molecule has 1 rings (SSSR count). The van der Waals surface area contributed by atoms with Crippen molar-refractivity contribution in [3.63, 3.8) is 0 Å². The summed E-state index contributed by atoms with van der Waals surface area (Å²) >= 11 is 0. The van der Waals surface area contributed by atoms with Crippen molar-refractivity contribution in [3.05, 3.63) is 23.3 Å². The van der Waals surface area contributed by atoms with Crippen LogP contribution < -0.4 is 4.72 Å². The fraction of sp³-hybridized carbons (Fsp3) is 0.364. The number of aromatic hydroxyl groups is 1. The minimum atomic E-state index is -3.94. The molecule has 1 unspecified atom stereocenters. The molecule has 0 amide bonds. The van der Waals surface area contributed by atoms with E-state index in [1.54, 1.807) is 0 Å². The number of aliphatic hydroxyl groups excluding tert-OH is 1. The van der Waals surface area contributed by atoms with Gasteiger partial charge in [0.25, 0.3) is 0 Å². The molecule has 0 fully saturated rings. The van der Waals surface area contributed by atoms with Crippen LogP contribution in [-0.4, -0.2) is 42.4 Å². The van der Waals surface area contributed by atoms with Crippen molar-refractivity contribution >= 4 is 16.0 Å². The summed E-state index contributed by atoms with van der Waals surface area (Å²) in [5, 5.41) is 27.3. The third-order valence-corrected chi connectivity index (χ3v) is 3.95. The van der Waals surface area contributed by atoms with Gasteiger partial charge in [-0.15, -0.1) is 0 Å². The van der Waals surface area contributed by atoms with Gasteiger partial charge in [-0.3, -0.25) is 0 Å². The third-order valence-electron chi connectivity index (χ3n) is 2.38. The van der Waals surface area contributed by atoms with Crippen LogP contribution >= 0.6 is 0 Å². The number of hydrogen-bond donors (Lipinski definition) is 4. The zero-order valence-electron chi connectivity index (χ0n) is 10.4. The van der Waals surface area contributed by atoms with Gasteiger partial charge in [-0.1, -0.05) is 0 Å². The Hall–Kier alpha value is -1.64. The van der Waals surface area contributed by atoms with Gasteiger partial charge < -0.3 is 15.3 Å². The number of aromatic carboxylic acids is 1. The summed E-state index contributed by atoms with van der Waals surface area (Å²) in [5.74, 6) is -1.93. The van der Waals surface area contributed by atoms with Gasteiger partial charge in [0.05, 0.1) is 11.0 Å². The van der Waals surface area contributed by atoms with Crippen LogP contribution in [0.25, 0.3) is 0 Å². The summed E-state index contributed by atoms with van der Waals surface area (Å²) in [6.07, 6.45) is -0.869. The molecule has 4 N–H and O–H groups in total. The summed E-state index contributed by atoms with van der Waals surface area (Å²) in [6, 6.07) is 1.96. The van der Waals surface area contributed by atoms with Crippen LogP contribution in [0.1, 0.15) is 22.8 Å². The number of phenols is 1. The first kappa shape index (κ1) is 15.4. The maximum absolute atomic E-state index is 11.9. The Morgan fingerprint density at radius 2 is 2.00 bits per heavy atom. The molecule has 0 bridgehead atoms. The molecule has 0 heterocycles. The summed E-state index contributed by atoms with van der Waals surface area (Å²) in [6.45, 7) is 2.65. The average Bonchev–Trinajstić information content (AvgIpc) is 2.25. The topological polar surface area (TPSA) is 124 Å². The molecule has 0 aliphatic heterocycles. The van der Waals surface area contributed by atoms with Gasteiger partial charge in [0.2, 0.25) is 10.0 Å². The zero-order valence-corrected chi connectivity index (χ0v) is 11.2. The number of rotatable bonds is 5. The molecule has 1 aromatic carbocycles. The lowest BCUT2D eigenvalue weighted by atomic mass is 10.1. The standard InChI is InChI=1S/C11H15NO6S/c1-6-3-9(14)8(11(15)16)4-10(6)19(17,18)12-5-7(2)13/h3-4,7,12-14H,5H2,1-2H3,(H,15,16). The number of aryl methyl sites for hydroxylation is 1. The van der Waals surface area contributed by atoms with Crippen LogP contribution in [0.5, 0.6) is 5.75 Å². The van der Waals surface area contributed by atoms with Crippen molar-refractivity contribution in [2.75, 3.05) is 6.54 Å². The van der Waals surface area contributed by atoms with Gasteiger partial charge in [0.1, 0.15) is 11.3 Å². The summed E-state index contributed by atoms with van der Waals surface area (Å²) < 4.78 is 26.0. The number of aliphatic hydroxyl groups is 1. The van der Waals surface area contributed by atoms with Gasteiger partial charge in [-0.25, -0.2) is 17.9 Å². The van der Waals surface area contributed by atoms with Crippen molar-refractivity contribution in [1.82, 2.24) is 4.72 Å². The number of sulfonamides is 1. The van der Waals surface area contributed by atoms with E-state index in [0.717, 1.165) is 12.1 Å². The highest BCUT2D eigenvalue weighted by Gasteiger charge is 2.21. The Labute approximate surface area is 110 Å². The Balaban J connectivity index is 3.27. The molecule has 0 spiro atoms. The molecule has 0 saturated heterocycles. The molecule has 19 heavy (non-hydrogen) atoms. The second-order valence-electron chi connectivity index (χ2n) is 4.14. The van der Waals surface area contributed by atoms with Gasteiger partial charge in [0, 0.05) is 6.54 Å². The first-order valence-corrected chi connectivity index (χ1v) is 6.88. The highest BCUT2D eigenvalue weighted by atomic mass is 32.2. The summed E-state index contributed by atoms with van der Waals surface area (Å²) in [7, 11) is -3.94. The van der Waals surface area contributed by atoms with Gasteiger partial charge in [-0.05, 0) is 31.5 Å². The Morgan fingerprint density at radius 1 is 1.42 bits per heavy atom. The number of hydrogen-bond acceptors (Lipinski definition) is 5. The van der Waals surface area contributed by atoms with E-state index < -0.39 is 33.4 Å². The van der Waals surface area contributed by atoms with Crippen molar-refractivity contribution < 1.29 is 28.5 Å². The number of carboxylic acids is 1. The average molecular weight is 289 g/mol. The van der Waals surface area contributed by atoms with Crippen molar-refractivity contribution in [3.8, 4) is 5.75 Å². The molecule has 106 valence electrons. The molecule has 0 aliphatic carbocycles. The Morgan fingerprint density at radius 3 is 2.47 bits per heavy atom. The summed E-state index contributed by atoms with van der Waals surface area (Å²) in [4.78, 5) is 10.6. The quantitative estimate of drug-likeness (QED) is 0.607. The summed E-state index contributed by atoms with van der Waals surface area (Å²) in [5.41, 5.74) is -0.288. The number of carbonyl (C=O) groups is 1. The molecule has 7 nitrogen and oxygen atoms in total. The van der Waals surface area contributed by atoms with Crippen LogP contribution in [0.2, 0.25) is 0 Å². The molecular weight excluding hydrogens is 274 g/mol. The monoisotopic (exact) mass is 289 g/mol. The second kappa shape index (κ2) is 5.55. The van der Waals surface area contributed by atoms with E-state index in [0.29, 0.717) is 0 Å². The van der Waals surface area contributed by atoms with Crippen molar-refractivity contribution in [1.29, 1.82) is 0 Å². The van der Waals surface area contributed by atoms with E-state index in [1.807, 2.05) is 0 Å². The van der Waals surface area contributed by atoms with Gasteiger partial charge in [0.15, 0.2) is 0 Å². The predicted octanol–water partition coefficient (Wildman–Crippen LogP) is 0.0579. The van der Waals surface area contributed by atoms with Crippen LogP contribution in [-0.2, 0) is 10.0 Å². The van der Waals surface area contributed by atoms with Crippen LogP contribution in [0, 0.1) is 6.92 Å². The fourth-order valence-corrected chi connectivity index (χ4v) is 2.81. The first-order chi connectivity index (χ1) is 8.65. The lowest BCUT2D eigenvalue weighted by Gasteiger charge is -2.12. The van der Waals surface area contributed by atoms with Crippen molar-refractivity contribution in [2.24, 2.45) is 0 Å². The molecule has 8 heteroatoms. The minimum Gasteiger partial charge on any atom is -0.507 e. The number of carboxylic acid groups (broad SMARTS) is 1. The molecule has 0 radical (unpaired) electrons. The fourth-order valence-electron chi connectivity index (χ4n) is 1.44. The minimum absolute atomic E-state index is 0.189. The molecule has 0 aliphatic rings. The van der Waals surface area contributed by atoms with Crippen LogP contribution in [0.3, 0.4) is 0 Å². The van der Waals surface area contributed by atoms with E-state index >= 15 is 0 Å². The van der Waals surface area contributed by atoms with Crippen LogP contribution in [0.15, 0.2) is 17.0 Å². The highest BCUT2D eigenvalue weighted by molar-refractivity contribution is 7.89. The maximum Gasteiger partial charge on any atom is 0.339 e. The van der Waals surface area contributed by atoms with E-state index in [2.05, 4.69) is 4.72 Å². The van der Waals surface area contributed by atoms with E-state index in [1.165, 1.54) is 13.8 Å². The largest absolute Gasteiger partial charge is 0.507 e. The normalized spacial score (nSPS) is 13.2. The molecule has 0 aromatic heterocycles. The van der Waals surface area contributed by atoms with Gasteiger partial charge >= 0.3 is 5.97 Å². The first-order valence-electron chi connectivity index (χ1n) is 5.39. The van der Waals surface area contributed by atoms with E-state index in [9.17, 15) is 18.3 Å². The second-order valence-corrected chi connectivity index (χ2v) is 5.88. The van der Waals surface area contributed by atoms with Crippen molar-refractivity contribution in [2.45, 2.75) is 24.8 Å². The number of benzene rings is 1. The highest BCUT2D eigenvalue weighted by Crippen LogP contribution is 2.25. The smallest absolute Gasteiger partial charge is 0.339 e.